The Morgan fingerprint density at radius 3 is 3.00 bits per heavy atom. The average Bonchev–Trinajstić information content (AvgIpc) is 2.92. The number of hydrogen-bond acceptors (Lipinski definition) is 2. The van der Waals surface area contributed by atoms with Crippen molar-refractivity contribution < 1.29 is 4.79 Å². The summed E-state index contributed by atoms with van der Waals surface area (Å²) < 4.78 is 0. The first-order valence-electron chi connectivity index (χ1n) is 5.61. The minimum Gasteiger partial charge on any atom is -0.307 e. The molecule has 0 aromatic heterocycles. The highest BCUT2D eigenvalue weighted by atomic mass is 32.2. The third-order valence-electron chi connectivity index (χ3n) is 3.37. The van der Waals surface area contributed by atoms with E-state index in [0.29, 0.717) is 6.54 Å². The summed E-state index contributed by atoms with van der Waals surface area (Å²) in [6.45, 7) is 4.31. The summed E-state index contributed by atoms with van der Waals surface area (Å²) in [5, 5.41) is 2.03. The first-order valence-corrected chi connectivity index (χ1v) is 6.66. The van der Waals surface area contributed by atoms with Gasteiger partial charge in [-0.15, -0.1) is 18.3 Å². The van der Waals surface area contributed by atoms with Crippen LogP contribution in [0.2, 0.25) is 0 Å². The molecule has 0 saturated heterocycles. The fourth-order valence-corrected chi connectivity index (χ4v) is 3.62. The van der Waals surface area contributed by atoms with Crippen LogP contribution in [0.15, 0.2) is 48.4 Å². The summed E-state index contributed by atoms with van der Waals surface area (Å²) in [7, 11) is 0. The molecular formula is C14H13NOS. The molecule has 1 spiro atoms. The number of fused-ring (bicyclic) bond motifs is 2. The van der Waals surface area contributed by atoms with E-state index in [1.807, 2.05) is 34.6 Å². The van der Waals surface area contributed by atoms with E-state index in [0.717, 1.165) is 17.0 Å². The molecule has 0 aliphatic carbocycles. The quantitative estimate of drug-likeness (QED) is 0.744. The van der Waals surface area contributed by atoms with Gasteiger partial charge in [-0.05, 0) is 17.0 Å². The van der Waals surface area contributed by atoms with Gasteiger partial charge in [0, 0.05) is 18.0 Å². The van der Waals surface area contributed by atoms with E-state index < -0.39 is 5.41 Å². The van der Waals surface area contributed by atoms with E-state index >= 15 is 0 Å². The van der Waals surface area contributed by atoms with Crippen LogP contribution in [0.1, 0.15) is 5.56 Å². The van der Waals surface area contributed by atoms with Crippen LogP contribution in [0.4, 0.5) is 5.69 Å². The fraction of sp³-hybridized carbons (Fsp3) is 0.214. The molecule has 2 nitrogen and oxygen atoms in total. The number of carbonyl (C=O) groups is 1. The fourth-order valence-electron chi connectivity index (χ4n) is 2.55. The Balaban J connectivity index is 2.18. The van der Waals surface area contributed by atoms with Crippen LogP contribution >= 0.6 is 11.8 Å². The molecule has 1 atom stereocenters. The first-order chi connectivity index (χ1) is 8.29. The summed E-state index contributed by atoms with van der Waals surface area (Å²) in [4.78, 5) is 14.4. The Morgan fingerprint density at radius 1 is 1.47 bits per heavy atom. The second kappa shape index (κ2) is 3.77. The van der Waals surface area contributed by atoms with Crippen molar-refractivity contribution in [1.82, 2.24) is 0 Å². The van der Waals surface area contributed by atoms with E-state index in [9.17, 15) is 4.79 Å². The van der Waals surface area contributed by atoms with E-state index in [1.54, 1.807) is 17.8 Å². The third kappa shape index (κ3) is 1.32. The summed E-state index contributed by atoms with van der Waals surface area (Å²) in [5.74, 6) is 0.996. The van der Waals surface area contributed by atoms with Gasteiger partial charge in [0.05, 0.1) is 0 Å². The molecule has 17 heavy (non-hydrogen) atoms. The van der Waals surface area contributed by atoms with Crippen molar-refractivity contribution in [2.45, 2.75) is 5.41 Å². The van der Waals surface area contributed by atoms with E-state index in [2.05, 4.69) is 12.6 Å². The molecular weight excluding hydrogens is 230 g/mol. The lowest BCUT2D eigenvalue weighted by Crippen LogP contribution is -2.39. The topological polar surface area (TPSA) is 20.3 Å². The standard InChI is InChI=1S/C14H13NOS/c1-2-8-15-12-6-4-3-5-11(12)14(13(15)16)7-9-17-10-14/h2-7,9H,1,8,10H2. The highest BCUT2D eigenvalue weighted by Crippen LogP contribution is 2.47. The highest BCUT2D eigenvalue weighted by Gasteiger charge is 2.49. The lowest BCUT2D eigenvalue weighted by Gasteiger charge is -2.20. The van der Waals surface area contributed by atoms with Gasteiger partial charge < -0.3 is 4.90 Å². The lowest BCUT2D eigenvalue weighted by atomic mass is 9.84. The summed E-state index contributed by atoms with van der Waals surface area (Å²) in [6.07, 6.45) is 3.82. The Kier molecular flexibility index (Phi) is 2.37. The molecule has 1 aromatic carbocycles. The smallest absolute Gasteiger partial charge is 0.242 e. The first kappa shape index (κ1) is 10.7. The van der Waals surface area contributed by atoms with Crippen molar-refractivity contribution in [3.63, 3.8) is 0 Å². The average molecular weight is 243 g/mol. The van der Waals surface area contributed by atoms with Gasteiger partial charge in [0.15, 0.2) is 0 Å². The van der Waals surface area contributed by atoms with Crippen LogP contribution < -0.4 is 4.90 Å². The maximum absolute atomic E-state index is 12.6. The highest BCUT2D eigenvalue weighted by molar-refractivity contribution is 8.02. The maximum Gasteiger partial charge on any atom is 0.242 e. The maximum atomic E-state index is 12.6. The molecule has 86 valence electrons. The number of rotatable bonds is 2. The van der Waals surface area contributed by atoms with E-state index in [4.69, 9.17) is 0 Å². The zero-order valence-corrected chi connectivity index (χ0v) is 10.2. The van der Waals surface area contributed by atoms with Gasteiger partial charge in [-0.3, -0.25) is 4.79 Å². The number of para-hydroxylation sites is 1. The van der Waals surface area contributed by atoms with Gasteiger partial charge in [0.1, 0.15) is 5.41 Å². The molecule has 1 unspecified atom stereocenters. The molecule has 0 saturated carbocycles. The molecule has 0 bridgehead atoms. The molecule has 0 N–H and O–H groups in total. The zero-order chi connectivity index (χ0) is 11.9. The molecule has 3 heteroatoms. The van der Waals surface area contributed by atoms with Crippen molar-refractivity contribution in [1.29, 1.82) is 0 Å². The zero-order valence-electron chi connectivity index (χ0n) is 9.43. The second-order valence-electron chi connectivity index (χ2n) is 4.31. The van der Waals surface area contributed by atoms with Gasteiger partial charge >= 0.3 is 0 Å². The molecule has 2 heterocycles. The van der Waals surface area contributed by atoms with Crippen LogP contribution in [0.25, 0.3) is 0 Å². The summed E-state index contributed by atoms with van der Waals surface area (Å²) >= 11 is 1.70. The van der Waals surface area contributed by atoms with Crippen LogP contribution in [0.3, 0.4) is 0 Å². The van der Waals surface area contributed by atoms with Crippen molar-refractivity contribution in [3.05, 3.63) is 54.0 Å². The minimum atomic E-state index is -0.426. The van der Waals surface area contributed by atoms with E-state index in [1.165, 1.54) is 0 Å². The van der Waals surface area contributed by atoms with Gasteiger partial charge in [-0.25, -0.2) is 0 Å². The molecule has 1 aromatic rings. The molecule has 3 rings (SSSR count). The molecule has 0 fully saturated rings. The number of anilines is 1. The molecule has 1 amide bonds. The van der Waals surface area contributed by atoms with Gasteiger partial charge in [-0.1, -0.05) is 30.4 Å². The summed E-state index contributed by atoms with van der Waals surface area (Å²) in [5.41, 5.74) is 1.74. The number of carbonyl (C=O) groups excluding carboxylic acids is 1. The number of thioether (sulfide) groups is 1. The van der Waals surface area contributed by atoms with Gasteiger partial charge in [0.2, 0.25) is 5.91 Å². The summed E-state index contributed by atoms with van der Waals surface area (Å²) in [6, 6.07) is 8.06. The van der Waals surface area contributed by atoms with Crippen LogP contribution in [-0.4, -0.2) is 18.2 Å². The van der Waals surface area contributed by atoms with Crippen molar-refractivity contribution in [2.75, 3.05) is 17.2 Å². The molecule has 2 aliphatic heterocycles. The van der Waals surface area contributed by atoms with Crippen molar-refractivity contribution >= 4 is 23.4 Å². The predicted octanol–water partition coefficient (Wildman–Crippen LogP) is 2.72. The second-order valence-corrected chi connectivity index (χ2v) is 5.20. The Hall–Kier alpha value is -1.48. The molecule has 2 aliphatic rings. The Labute approximate surface area is 105 Å². The Bertz CT molecular complexity index is 523. The van der Waals surface area contributed by atoms with Crippen LogP contribution in [0, 0.1) is 0 Å². The van der Waals surface area contributed by atoms with Crippen LogP contribution in [-0.2, 0) is 10.2 Å². The van der Waals surface area contributed by atoms with Gasteiger partial charge in [-0.2, -0.15) is 0 Å². The molecule has 0 radical (unpaired) electrons. The SMILES string of the molecule is C=CCN1C(=O)C2(C=CSC2)c2ccccc21. The van der Waals surface area contributed by atoms with Crippen LogP contribution in [0.5, 0.6) is 0 Å². The number of amides is 1. The number of nitrogens with zero attached hydrogens (tertiary/aromatic N) is 1. The number of benzene rings is 1. The van der Waals surface area contributed by atoms with Gasteiger partial charge in [0.25, 0.3) is 0 Å². The normalized spacial score (nSPS) is 25.6. The monoisotopic (exact) mass is 243 g/mol. The lowest BCUT2D eigenvalue weighted by molar-refractivity contribution is -0.120. The third-order valence-corrected chi connectivity index (χ3v) is 4.32. The van der Waals surface area contributed by atoms with E-state index in [-0.39, 0.29) is 5.91 Å². The Morgan fingerprint density at radius 2 is 2.29 bits per heavy atom. The largest absolute Gasteiger partial charge is 0.307 e. The van der Waals surface area contributed by atoms with Crippen molar-refractivity contribution in [2.24, 2.45) is 0 Å². The predicted molar refractivity (Wildman–Crippen MR) is 72.3 cm³/mol. The minimum absolute atomic E-state index is 0.180. The number of hydrogen-bond donors (Lipinski definition) is 0. The van der Waals surface area contributed by atoms with Crippen molar-refractivity contribution in [3.8, 4) is 0 Å².